The molecule has 0 aliphatic heterocycles. The fourth-order valence-electron chi connectivity index (χ4n) is 1.87. The number of para-hydroxylation sites is 1. The Morgan fingerprint density at radius 3 is 2.35 bits per heavy atom. The van der Waals surface area contributed by atoms with Crippen molar-refractivity contribution < 1.29 is 4.79 Å². The Balaban J connectivity index is 1.86. The van der Waals surface area contributed by atoms with Crippen LogP contribution in [0.25, 0.3) is 0 Å². The van der Waals surface area contributed by atoms with Crippen LogP contribution >= 0.6 is 23.2 Å². The summed E-state index contributed by atoms with van der Waals surface area (Å²) in [4.78, 5) is 15.8. The molecule has 0 radical (unpaired) electrons. The number of amides is 2. The van der Waals surface area contributed by atoms with Crippen molar-refractivity contribution in [2.75, 3.05) is 6.54 Å². The molecule has 0 spiro atoms. The molecule has 120 valence electrons. The molecule has 7 heteroatoms. The highest BCUT2D eigenvalue weighted by atomic mass is 35.5. The van der Waals surface area contributed by atoms with E-state index in [0.717, 1.165) is 12.0 Å². The van der Waals surface area contributed by atoms with E-state index in [0.29, 0.717) is 22.3 Å². The minimum Gasteiger partial charge on any atom is -0.369 e. The van der Waals surface area contributed by atoms with Gasteiger partial charge in [-0.15, -0.1) is 0 Å². The number of nitrogens with one attached hydrogen (secondary N) is 2. The molecule has 0 heterocycles. The van der Waals surface area contributed by atoms with Crippen LogP contribution in [0.15, 0.2) is 53.5 Å². The van der Waals surface area contributed by atoms with Crippen molar-refractivity contribution in [3.63, 3.8) is 0 Å². The van der Waals surface area contributed by atoms with Crippen LogP contribution in [0.4, 0.5) is 10.5 Å². The molecule has 2 rings (SSSR count). The molecule has 2 aromatic carbocycles. The number of hydrogen-bond acceptors (Lipinski definition) is 2. The third-order valence-corrected chi connectivity index (χ3v) is 3.56. The molecule has 5 nitrogen and oxygen atoms in total. The summed E-state index contributed by atoms with van der Waals surface area (Å²) in [5.74, 6) is -0.0859. The lowest BCUT2D eigenvalue weighted by molar-refractivity contribution is 0.245. The van der Waals surface area contributed by atoms with E-state index in [1.165, 1.54) is 0 Å². The molecule has 0 aliphatic carbocycles. The topological polar surface area (TPSA) is 79.5 Å². The van der Waals surface area contributed by atoms with Crippen molar-refractivity contribution in [1.82, 2.24) is 10.6 Å². The zero-order chi connectivity index (χ0) is 16.7. The van der Waals surface area contributed by atoms with Gasteiger partial charge in [0, 0.05) is 6.54 Å². The van der Waals surface area contributed by atoms with E-state index in [9.17, 15) is 4.79 Å². The van der Waals surface area contributed by atoms with Crippen LogP contribution in [0, 0.1) is 0 Å². The minimum absolute atomic E-state index is 0.0859. The highest BCUT2D eigenvalue weighted by Crippen LogP contribution is 2.32. The number of carbonyl (C=O) groups is 1. The Morgan fingerprint density at radius 1 is 1.04 bits per heavy atom. The third kappa shape index (κ3) is 5.47. The van der Waals surface area contributed by atoms with Gasteiger partial charge in [-0.2, -0.15) is 0 Å². The Hall–Kier alpha value is -2.24. The van der Waals surface area contributed by atoms with Gasteiger partial charge in [-0.25, -0.2) is 9.79 Å². The lowest BCUT2D eigenvalue weighted by atomic mass is 10.1. The van der Waals surface area contributed by atoms with Gasteiger partial charge < -0.3 is 11.1 Å². The molecular weight excluding hydrogens is 335 g/mol. The first-order valence-corrected chi connectivity index (χ1v) is 7.69. The van der Waals surface area contributed by atoms with Crippen LogP contribution < -0.4 is 16.4 Å². The summed E-state index contributed by atoms with van der Waals surface area (Å²) in [6.45, 7) is 0.482. The molecule has 2 aromatic rings. The second kappa shape index (κ2) is 8.41. The van der Waals surface area contributed by atoms with Gasteiger partial charge in [-0.1, -0.05) is 59.6 Å². The standard InChI is InChI=1S/C16H16Cl2N4O/c17-12-7-4-8-13(18)14(12)21-15(19)22-16(23)20-10-9-11-5-2-1-3-6-11/h1-8H,9-10H2,(H4,19,20,21,22,23). The Labute approximate surface area is 144 Å². The summed E-state index contributed by atoms with van der Waals surface area (Å²) >= 11 is 12.0. The maximum Gasteiger partial charge on any atom is 0.321 e. The fourth-order valence-corrected chi connectivity index (χ4v) is 2.35. The molecule has 4 N–H and O–H groups in total. The predicted molar refractivity (Wildman–Crippen MR) is 94.4 cm³/mol. The summed E-state index contributed by atoms with van der Waals surface area (Å²) in [5.41, 5.74) is 7.14. The Bertz CT molecular complexity index is 684. The number of halogens is 2. The molecule has 0 fully saturated rings. The Morgan fingerprint density at radius 2 is 1.70 bits per heavy atom. The van der Waals surface area contributed by atoms with Crippen molar-refractivity contribution in [1.29, 1.82) is 0 Å². The summed E-state index contributed by atoms with van der Waals surface area (Å²) in [7, 11) is 0. The monoisotopic (exact) mass is 350 g/mol. The van der Waals surface area contributed by atoms with Gasteiger partial charge in [-0.3, -0.25) is 5.32 Å². The first kappa shape index (κ1) is 17.1. The van der Waals surface area contributed by atoms with E-state index < -0.39 is 6.03 Å². The normalized spacial score (nSPS) is 11.1. The predicted octanol–water partition coefficient (Wildman–Crippen LogP) is 3.48. The molecule has 2 amide bonds. The smallest absolute Gasteiger partial charge is 0.321 e. The van der Waals surface area contributed by atoms with E-state index in [1.807, 2.05) is 30.3 Å². The van der Waals surface area contributed by atoms with E-state index in [-0.39, 0.29) is 5.96 Å². The number of guanidine groups is 1. The molecule has 0 atom stereocenters. The number of urea groups is 1. The van der Waals surface area contributed by atoms with Gasteiger partial charge in [0.25, 0.3) is 0 Å². The molecule has 0 bridgehead atoms. The summed E-state index contributed by atoms with van der Waals surface area (Å²) in [6, 6.07) is 14.4. The van der Waals surface area contributed by atoms with Gasteiger partial charge in [0.15, 0.2) is 0 Å². The molecule has 23 heavy (non-hydrogen) atoms. The van der Waals surface area contributed by atoms with Gasteiger partial charge in [-0.05, 0) is 24.1 Å². The highest BCUT2D eigenvalue weighted by molar-refractivity contribution is 6.38. The van der Waals surface area contributed by atoms with Crippen LogP contribution in [-0.2, 0) is 6.42 Å². The number of rotatable bonds is 4. The van der Waals surface area contributed by atoms with Gasteiger partial charge in [0.1, 0.15) is 5.69 Å². The first-order chi connectivity index (χ1) is 11.1. The lowest BCUT2D eigenvalue weighted by Gasteiger charge is -2.08. The minimum atomic E-state index is -0.439. The lowest BCUT2D eigenvalue weighted by Crippen LogP contribution is -2.43. The first-order valence-electron chi connectivity index (χ1n) is 6.93. The largest absolute Gasteiger partial charge is 0.369 e. The van der Waals surface area contributed by atoms with E-state index >= 15 is 0 Å². The van der Waals surface area contributed by atoms with E-state index in [2.05, 4.69) is 15.6 Å². The quantitative estimate of drug-likeness (QED) is 0.582. The molecule has 0 saturated heterocycles. The number of hydrogen-bond donors (Lipinski definition) is 3. The van der Waals surface area contributed by atoms with Crippen LogP contribution in [-0.4, -0.2) is 18.5 Å². The van der Waals surface area contributed by atoms with Gasteiger partial charge in [0.2, 0.25) is 5.96 Å². The average Bonchev–Trinajstić information content (AvgIpc) is 2.52. The molecule has 0 aromatic heterocycles. The molecular formula is C16H16Cl2N4O. The van der Waals surface area contributed by atoms with E-state index in [4.69, 9.17) is 28.9 Å². The average molecular weight is 351 g/mol. The molecule has 0 aliphatic rings. The van der Waals surface area contributed by atoms with Crippen molar-refractivity contribution in [2.24, 2.45) is 10.7 Å². The molecule has 0 saturated carbocycles. The zero-order valence-electron chi connectivity index (χ0n) is 12.2. The maximum absolute atomic E-state index is 11.8. The van der Waals surface area contributed by atoms with Gasteiger partial charge >= 0.3 is 6.03 Å². The molecule has 0 unspecified atom stereocenters. The van der Waals surface area contributed by atoms with Crippen LogP contribution in [0.2, 0.25) is 10.0 Å². The maximum atomic E-state index is 11.8. The summed E-state index contributed by atoms with van der Waals surface area (Å²) < 4.78 is 0. The fraction of sp³-hybridized carbons (Fsp3) is 0.125. The van der Waals surface area contributed by atoms with Crippen LogP contribution in [0.3, 0.4) is 0 Å². The van der Waals surface area contributed by atoms with Crippen LogP contribution in [0.5, 0.6) is 0 Å². The van der Waals surface area contributed by atoms with Crippen molar-refractivity contribution in [2.45, 2.75) is 6.42 Å². The zero-order valence-corrected chi connectivity index (χ0v) is 13.7. The second-order valence-corrected chi connectivity index (χ2v) is 5.50. The summed E-state index contributed by atoms with van der Waals surface area (Å²) in [6.07, 6.45) is 0.724. The number of aliphatic imine (C=N–C) groups is 1. The SMILES string of the molecule is NC(=Nc1c(Cl)cccc1Cl)NC(=O)NCCc1ccccc1. The van der Waals surface area contributed by atoms with Crippen LogP contribution in [0.1, 0.15) is 5.56 Å². The number of nitrogens with two attached hydrogens (primary N) is 1. The third-order valence-electron chi connectivity index (χ3n) is 2.95. The van der Waals surface area contributed by atoms with Crippen molar-refractivity contribution >= 4 is 40.9 Å². The summed E-state index contributed by atoms with van der Waals surface area (Å²) in [5, 5.41) is 5.84. The number of carbonyl (C=O) groups excluding carboxylic acids is 1. The van der Waals surface area contributed by atoms with E-state index in [1.54, 1.807) is 18.2 Å². The highest BCUT2D eigenvalue weighted by Gasteiger charge is 2.07. The second-order valence-electron chi connectivity index (χ2n) is 4.68. The Kier molecular flexibility index (Phi) is 6.26. The number of nitrogens with zero attached hydrogens (tertiary/aromatic N) is 1. The van der Waals surface area contributed by atoms with Gasteiger partial charge in [0.05, 0.1) is 10.0 Å². The number of benzene rings is 2. The van der Waals surface area contributed by atoms with Crippen molar-refractivity contribution in [3.05, 3.63) is 64.1 Å². The van der Waals surface area contributed by atoms with Crippen molar-refractivity contribution in [3.8, 4) is 0 Å².